The van der Waals surface area contributed by atoms with Crippen LogP contribution in [0.15, 0.2) is 28.8 Å². The number of nitrogens with zero attached hydrogens (tertiary/aromatic N) is 1. The highest BCUT2D eigenvalue weighted by Crippen LogP contribution is 2.33. The van der Waals surface area contributed by atoms with E-state index in [4.69, 9.17) is 18.6 Å². The second-order valence-electron chi connectivity index (χ2n) is 2.86. The molecule has 16 heavy (non-hydrogen) atoms. The number of oxazole rings is 1. The van der Waals surface area contributed by atoms with Gasteiger partial charge in [0, 0.05) is 6.07 Å². The van der Waals surface area contributed by atoms with Crippen molar-refractivity contribution in [3.8, 4) is 23.3 Å². The summed E-state index contributed by atoms with van der Waals surface area (Å²) in [5.74, 6) is 1.70. The molecule has 0 fully saturated rings. The van der Waals surface area contributed by atoms with E-state index in [-0.39, 0.29) is 6.08 Å². The number of ether oxygens (including phenoxy) is 3. The Balaban J connectivity index is 2.30. The van der Waals surface area contributed by atoms with Crippen molar-refractivity contribution in [3.63, 3.8) is 0 Å². The molecule has 2 aromatic rings. The molecule has 0 bridgehead atoms. The molecule has 1 radical (unpaired) electrons. The van der Waals surface area contributed by atoms with Crippen LogP contribution >= 0.6 is 0 Å². The summed E-state index contributed by atoms with van der Waals surface area (Å²) in [6.45, 7) is 0. The van der Waals surface area contributed by atoms with Crippen molar-refractivity contribution in [1.82, 2.24) is 4.98 Å². The van der Waals surface area contributed by atoms with E-state index in [1.807, 2.05) is 0 Å². The van der Waals surface area contributed by atoms with Crippen LogP contribution in [0.4, 0.5) is 0 Å². The molecule has 1 aromatic heterocycles. The highest BCUT2D eigenvalue weighted by molar-refractivity contribution is 5.46. The summed E-state index contributed by atoms with van der Waals surface area (Å²) in [5.41, 5.74) is 0. The lowest BCUT2D eigenvalue weighted by atomic mass is 10.3. The normalized spacial score (nSPS) is 9.88. The number of aromatic nitrogens is 1. The summed E-state index contributed by atoms with van der Waals surface area (Å²) in [4.78, 5) is 3.80. The molecule has 0 atom stereocenters. The third-order valence-electron chi connectivity index (χ3n) is 1.94. The molecule has 0 saturated carbocycles. The zero-order valence-electron chi connectivity index (χ0n) is 8.89. The maximum atomic E-state index is 5.37. The lowest BCUT2D eigenvalue weighted by molar-refractivity contribution is 0.306. The molecule has 0 spiro atoms. The number of hydrogen-bond acceptors (Lipinski definition) is 5. The van der Waals surface area contributed by atoms with Crippen molar-refractivity contribution in [3.05, 3.63) is 30.7 Å². The van der Waals surface area contributed by atoms with Gasteiger partial charge in [0.05, 0.1) is 20.4 Å². The second-order valence-corrected chi connectivity index (χ2v) is 2.86. The van der Waals surface area contributed by atoms with Gasteiger partial charge in [-0.15, -0.1) is 0 Å². The van der Waals surface area contributed by atoms with Crippen LogP contribution in [0.25, 0.3) is 0 Å². The lowest BCUT2D eigenvalue weighted by Crippen LogP contribution is -1.91. The molecule has 0 aliphatic carbocycles. The minimum atomic E-state index is 0.103. The predicted molar refractivity (Wildman–Crippen MR) is 55.0 cm³/mol. The van der Waals surface area contributed by atoms with Crippen LogP contribution in [0.1, 0.15) is 0 Å². The van der Waals surface area contributed by atoms with Crippen LogP contribution in [0, 0.1) is 6.26 Å². The van der Waals surface area contributed by atoms with E-state index in [1.165, 1.54) is 6.20 Å². The van der Waals surface area contributed by atoms with Gasteiger partial charge in [0.25, 0.3) is 0 Å². The number of hydrogen-bond donors (Lipinski definition) is 0. The van der Waals surface area contributed by atoms with Crippen molar-refractivity contribution in [1.29, 1.82) is 0 Å². The summed E-state index contributed by atoms with van der Waals surface area (Å²) >= 11 is 0. The molecule has 0 unspecified atom stereocenters. The van der Waals surface area contributed by atoms with Gasteiger partial charge in [-0.05, 0) is 12.1 Å². The first-order valence-electron chi connectivity index (χ1n) is 4.55. The Kier molecular flexibility index (Phi) is 2.95. The highest BCUT2D eigenvalue weighted by atomic mass is 16.6. The molecule has 5 nitrogen and oxygen atoms in total. The zero-order valence-corrected chi connectivity index (χ0v) is 8.89. The Hall–Kier alpha value is -2.17. The van der Waals surface area contributed by atoms with E-state index in [9.17, 15) is 0 Å². The van der Waals surface area contributed by atoms with Crippen molar-refractivity contribution in [2.45, 2.75) is 0 Å². The molecular weight excluding hydrogens is 210 g/mol. The first kappa shape index (κ1) is 10.4. The van der Waals surface area contributed by atoms with Crippen LogP contribution in [0.2, 0.25) is 0 Å². The van der Waals surface area contributed by atoms with Crippen molar-refractivity contribution < 1.29 is 18.6 Å². The van der Waals surface area contributed by atoms with E-state index in [2.05, 4.69) is 11.2 Å². The second kappa shape index (κ2) is 4.57. The van der Waals surface area contributed by atoms with Crippen molar-refractivity contribution >= 4 is 0 Å². The van der Waals surface area contributed by atoms with Crippen LogP contribution in [-0.4, -0.2) is 19.2 Å². The van der Waals surface area contributed by atoms with Crippen molar-refractivity contribution in [2.24, 2.45) is 0 Å². The molecule has 1 heterocycles. The Bertz CT molecular complexity index is 453. The molecule has 1 aromatic carbocycles. The van der Waals surface area contributed by atoms with Gasteiger partial charge in [0.1, 0.15) is 5.75 Å². The molecule has 0 aliphatic heterocycles. The first-order valence-corrected chi connectivity index (χ1v) is 4.55. The fraction of sp³-hybridized carbons (Fsp3) is 0.182. The smallest absolute Gasteiger partial charge is 0.399 e. The highest BCUT2D eigenvalue weighted by Gasteiger charge is 2.09. The summed E-state index contributed by atoms with van der Waals surface area (Å²) < 4.78 is 20.4. The van der Waals surface area contributed by atoms with E-state index in [1.54, 1.807) is 32.4 Å². The fourth-order valence-corrected chi connectivity index (χ4v) is 1.19. The largest absolute Gasteiger partial charge is 0.497 e. The molecule has 0 aliphatic rings. The quantitative estimate of drug-likeness (QED) is 0.791. The van der Waals surface area contributed by atoms with Gasteiger partial charge in [0.2, 0.25) is 0 Å². The Morgan fingerprint density at radius 3 is 2.69 bits per heavy atom. The molecule has 0 saturated heterocycles. The topological polar surface area (TPSA) is 53.7 Å². The summed E-state index contributed by atoms with van der Waals surface area (Å²) in [7, 11) is 3.13. The average Bonchev–Trinajstić information content (AvgIpc) is 2.82. The molecule has 5 heteroatoms. The van der Waals surface area contributed by atoms with E-state index in [0.717, 1.165) is 0 Å². The standard InChI is InChI=1S/C11H10NO4/c1-13-8-3-4-9(14-2)10(7-8)16-11-12-5-6-15-11/h3-5,7H,1-2H3. The molecule has 83 valence electrons. The lowest BCUT2D eigenvalue weighted by Gasteiger charge is -2.08. The third-order valence-corrected chi connectivity index (χ3v) is 1.94. The molecule has 2 rings (SSSR count). The number of rotatable bonds is 4. The van der Waals surface area contributed by atoms with Gasteiger partial charge in [-0.3, -0.25) is 0 Å². The van der Waals surface area contributed by atoms with Crippen LogP contribution < -0.4 is 14.2 Å². The minimum absolute atomic E-state index is 0.103. The van der Waals surface area contributed by atoms with Gasteiger partial charge in [-0.2, -0.15) is 4.98 Å². The van der Waals surface area contributed by atoms with Gasteiger partial charge >= 0.3 is 6.08 Å². The maximum Gasteiger partial charge on any atom is 0.399 e. The van der Waals surface area contributed by atoms with Crippen molar-refractivity contribution in [2.75, 3.05) is 14.2 Å². The Morgan fingerprint density at radius 1 is 1.19 bits per heavy atom. The van der Waals surface area contributed by atoms with Gasteiger partial charge in [0.15, 0.2) is 17.8 Å². The predicted octanol–water partition coefficient (Wildman–Crippen LogP) is 2.28. The number of benzene rings is 1. The average molecular weight is 220 g/mol. The summed E-state index contributed by atoms with van der Waals surface area (Å²) in [6, 6.07) is 5.19. The number of methoxy groups -OCH3 is 2. The Morgan fingerprint density at radius 2 is 2.06 bits per heavy atom. The van der Waals surface area contributed by atoms with E-state index < -0.39 is 0 Å². The van der Waals surface area contributed by atoms with Crippen LogP contribution in [0.5, 0.6) is 23.3 Å². The monoisotopic (exact) mass is 220 g/mol. The van der Waals surface area contributed by atoms with Crippen LogP contribution in [-0.2, 0) is 0 Å². The van der Waals surface area contributed by atoms with Gasteiger partial charge in [-0.25, -0.2) is 0 Å². The van der Waals surface area contributed by atoms with Gasteiger partial charge < -0.3 is 18.6 Å². The van der Waals surface area contributed by atoms with Crippen LogP contribution in [0.3, 0.4) is 0 Å². The fourth-order valence-electron chi connectivity index (χ4n) is 1.19. The van der Waals surface area contributed by atoms with E-state index in [0.29, 0.717) is 17.2 Å². The zero-order chi connectivity index (χ0) is 11.4. The third kappa shape index (κ3) is 2.08. The molecule has 0 N–H and O–H groups in total. The van der Waals surface area contributed by atoms with E-state index >= 15 is 0 Å². The molecular formula is C11H10NO4. The maximum absolute atomic E-state index is 5.37. The summed E-state index contributed by atoms with van der Waals surface area (Å²) in [6.07, 6.45) is 3.91. The Labute approximate surface area is 92.6 Å². The minimum Gasteiger partial charge on any atom is -0.497 e. The molecule has 0 amide bonds. The first-order chi connectivity index (χ1) is 7.83. The SMILES string of the molecule is COc1ccc(OC)c(Oc2nc[c]o2)c1. The van der Waals surface area contributed by atoms with Gasteiger partial charge in [-0.1, -0.05) is 0 Å². The summed E-state index contributed by atoms with van der Waals surface area (Å²) in [5, 5.41) is 0.